The van der Waals surface area contributed by atoms with E-state index in [0.717, 1.165) is 12.8 Å². The molecule has 49 heavy (non-hydrogen) atoms. The molecule has 0 aromatic rings. The number of hydrogen-bond donors (Lipinski definition) is 0. The van der Waals surface area contributed by atoms with Gasteiger partial charge in [0.15, 0.2) is 0 Å². The fraction of sp³-hybridized carbons (Fsp3) is 0.943. The van der Waals surface area contributed by atoms with Gasteiger partial charge >= 0.3 is 11.9 Å². The average Bonchev–Trinajstić information content (AvgIpc) is 3.06. The topological polar surface area (TPSA) is 145 Å². The van der Waals surface area contributed by atoms with E-state index in [4.69, 9.17) is 56.8 Å². The van der Waals surface area contributed by atoms with Gasteiger partial charge in [-0.1, -0.05) is 32.6 Å². The number of carbonyl (C=O) groups excluding carboxylic acids is 2. The SMILES string of the molecule is CCCCCCCC(=O)OCCOCCOCCOCCOCCOCCOCCOCCOCCOCCOCCC(=O)OC(C)(C)C. The van der Waals surface area contributed by atoms with Gasteiger partial charge in [-0.2, -0.15) is 0 Å². The third-order valence-electron chi connectivity index (χ3n) is 6.19. The summed E-state index contributed by atoms with van der Waals surface area (Å²) >= 11 is 0. The van der Waals surface area contributed by atoms with Crippen LogP contribution in [0.4, 0.5) is 0 Å². The van der Waals surface area contributed by atoms with Crippen LogP contribution in [0.25, 0.3) is 0 Å². The van der Waals surface area contributed by atoms with E-state index in [1.165, 1.54) is 19.3 Å². The molecule has 0 aromatic carbocycles. The van der Waals surface area contributed by atoms with Crippen molar-refractivity contribution in [2.24, 2.45) is 0 Å². The van der Waals surface area contributed by atoms with Crippen molar-refractivity contribution in [1.82, 2.24) is 0 Å². The second kappa shape index (κ2) is 37.8. The predicted molar refractivity (Wildman–Crippen MR) is 183 cm³/mol. The van der Waals surface area contributed by atoms with Crippen molar-refractivity contribution in [3.63, 3.8) is 0 Å². The summed E-state index contributed by atoms with van der Waals surface area (Å²) < 4.78 is 64.8. The van der Waals surface area contributed by atoms with Gasteiger partial charge in [-0.25, -0.2) is 0 Å². The fourth-order valence-corrected chi connectivity index (χ4v) is 3.79. The fourth-order valence-electron chi connectivity index (χ4n) is 3.79. The first-order chi connectivity index (χ1) is 23.8. The lowest BCUT2D eigenvalue weighted by molar-refractivity contribution is -0.156. The Bertz CT molecular complexity index is 704. The highest BCUT2D eigenvalue weighted by atomic mass is 16.6. The zero-order chi connectivity index (χ0) is 35.9. The number of rotatable bonds is 39. The molecule has 0 N–H and O–H groups in total. The maximum Gasteiger partial charge on any atom is 0.308 e. The van der Waals surface area contributed by atoms with E-state index in [1.54, 1.807) is 0 Å². The molecule has 0 heterocycles. The molecule has 292 valence electrons. The Hall–Kier alpha value is -1.46. The molecule has 0 spiro atoms. The summed E-state index contributed by atoms with van der Waals surface area (Å²) in [5.41, 5.74) is -0.476. The largest absolute Gasteiger partial charge is 0.463 e. The van der Waals surface area contributed by atoms with E-state index in [9.17, 15) is 9.59 Å². The molecular weight excluding hydrogens is 644 g/mol. The molecule has 0 amide bonds. The zero-order valence-electron chi connectivity index (χ0n) is 31.0. The summed E-state index contributed by atoms with van der Waals surface area (Å²) in [5.74, 6) is -0.418. The Balaban J connectivity index is 3.13. The Morgan fingerprint density at radius 2 is 0.673 bits per heavy atom. The Labute approximate surface area is 295 Å². The summed E-state index contributed by atoms with van der Waals surface area (Å²) in [5, 5.41) is 0. The van der Waals surface area contributed by atoms with Gasteiger partial charge < -0.3 is 56.8 Å². The summed E-state index contributed by atoms with van der Waals surface area (Å²) in [6, 6.07) is 0. The molecule has 0 atom stereocenters. The van der Waals surface area contributed by atoms with E-state index in [0.29, 0.717) is 139 Å². The van der Waals surface area contributed by atoms with Crippen LogP contribution in [-0.4, -0.2) is 156 Å². The summed E-state index contributed by atoms with van der Waals surface area (Å²) in [7, 11) is 0. The van der Waals surface area contributed by atoms with Crippen molar-refractivity contribution < 1.29 is 66.4 Å². The minimum absolute atomic E-state index is 0.151. The normalized spacial score (nSPS) is 11.7. The molecule has 0 saturated heterocycles. The molecule has 14 nitrogen and oxygen atoms in total. The number of ether oxygens (including phenoxy) is 12. The minimum Gasteiger partial charge on any atom is -0.463 e. The molecule has 0 aromatic heterocycles. The van der Waals surface area contributed by atoms with Crippen LogP contribution in [0.5, 0.6) is 0 Å². The van der Waals surface area contributed by atoms with Crippen LogP contribution in [0.2, 0.25) is 0 Å². The van der Waals surface area contributed by atoms with Gasteiger partial charge in [0, 0.05) is 6.42 Å². The van der Waals surface area contributed by atoms with Crippen LogP contribution in [0.1, 0.15) is 72.6 Å². The predicted octanol–water partition coefficient (Wildman–Crippen LogP) is 3.79. The van der Waals surface area contributed by atoms with Gasteiger partial charge in [-0.15, -0.1) is 0 Å². The molecule has 14 heteroatoms. The standard InChI is InChI=1S/C35H68O14/c1-5-6-7-8-9-10-33(36)48-32-31-47-30-29-46-28-27-45-26-25-44-24-23-43-22-21-42-20-19-41-18-17-40-16-15-39-14-13-38-12-11-34(37)49-35(2,3)4/h5-32H2,1-4H3. The van der Waals surface area contributed by atoms with Gasteiger partial charge in [-0.05, 0) is 27.2 Å². The maximum atomic E-state index is 11.6. The van der Waals surface area contributed by atoms with Crippen molar-refractivity contribution in [2.45, 2.75) is 78.2 Å². The molecule has 0 bridgehead atoms. The summed E-state index contributed by atoms with van der Waals surface area (Å²) in [6.07, 6.45) is 6.28. The van der Waals surface area contributed by atoms with Crippen LogP contribution in [0.3, 0.4) is 0 Å². The van der Waals surface area contributed by atoms with Crippen LogP contribution in [0, 0.1) is 0 Å². The van der Waals surface area contributed by atoms with Crippen molar-refractivity contribution in [2.75, 3.05) is 139 Å². The monoisotopic (exact) mass is 712 g/mol. The first-order valence-corrected chi connectivity index (χ1v) is 18.0. The molecular formula is C35H68O14. The number of carbonyl (C=O) groups is 2. The number of hydrogen-bond acceptors (Lipinski definition) is 14. The van der Waals surface area contributed by atoms with Crippen LogP contribution >= 0.6 is 0 Å². The van der Waals surface area contributed by atoms with Crippen molar-refractivity contribution in [1.29, 1.82) is 0 Å². The van der Waals surface area contributed by atoms with E-state index in [2.05, 4.69) is 6.92 Å². The lowest BCUT2D eigenvalue weighted by Crippen LogP contribution is -2.24. The van der Waals surface area contributed by atoms with E-state index >= 15 is 0 Å². The molecule has 0 aliphatic carbocycles. The van der Waals surface area contributed by atoms with Crippen LogP contribution in [-0.2, 0) is 66.4 Å². The van der Waals surface area contributed by atoms with Crippen molar-refractivity contribution >= 4 is 11.9 Å². The summed E-state index contributed by atoms with van der Waals surface area (Å²) in [6.45, 7) is 17.2. The molecule has 0 rings (SSSR count). The maximum absolute atomic E-state index is 11.6. The number of esters is 2. The van der Waals surface area contributed by atoms with Gasteiger partial charge in [0.2, 0.25) is 0 Å². The van der Waals surface area contributed by atoms with E-state index in [-0.39, 0.29) is 25.0 Å². The summed E-state index contributed by atoms with van der Waals surface area (Å²) in [4.78, 5) is 23.2. The Kier molecular flexibility index (Phi) is 36.7. The van der Waals surface area contributed by atoms with E-state index < -0.39 is 5.60 Å². The molecule has 0 radical (unpaired) electrons. The smallest absolute Gasteiger partial charge is 0.308 e. The lowest BCUT2D eigenvalue weighted by Gasteiger charge is -2.19. The highest BCUT2D eigenvalue weighted by Gasteiger charge is 2.15. The van der Waals surface area contributed by atoms with Gasteiger partial charge in [0.05, 0.1) is 139 Å². The highest BCUT2D eigenvalue weighted by Crippen LogP contribution is 2.08. The molecule has 0 saturated carbocycles. The molecule has 0 fully saturated rings. The molecule has 0 unspecified atom stereocenters. The highest BCUT2D eigenvalue weighted by molar-refractivity contribution is 5.70. The quantitative estimate of drug-likeness (QED) is 0.0673. The van der Waals surface area contributed by atoms with Crippen molar-refractivity contribution in [3.05, 3.63) is 0 Å². The third kappa shape index (κ3) is 42.6. The van der Waals surface area contributed by atoms with Gasteiger partial charge in [-0.3, -0.25) is 9.59 Å². The lowest BCUT2D eigenvalue weighted by atomic mass is 10.1. The number of unbranched alkanes of at least 4 members (excludes halogenated alkanes) is 4. The third-order valence-corrected chi connectivity index (χ3v) is 6.19. The van der Waals surface area contributed by atoms with Gasteiger partial charge in [0.25, 0.3) is 0 Å². The van der Waals surface area contributed by atoms with Crippen molar-refractivity contribution in [3.8, 4) is 0 Å². The zero-order valence-corrected chi connectivity index (χ0v) is 31.0. The second-order valence-electron chi connectivity index (χ2n) is 11.8. The first kappa shape index (κ1) is 47.5. The van der Waals surface area contributed by atoms with Gasteiger partial charge in [0.1, 0.15) is 12.2 Å². The Morgan fingerprint density at radius 3 is 1.00 bits per heavy atom. The molecule has 0 aliphatic heterocycles. The minimum atomic E-state index is -0.476. The first-order valence-electron chi connectivity index (χ1n) is 18.0. The van der Waals surface area contributed by atoms with E-state index in [1.807, 2.05) is 20.8 Å². The molecule has 0 aliphatic rings. The van der Waals surface area contributed by atoms with Crippen LogP contribution < -0.4 is 0 Å². The average molecular weight is 713 g/mol. The second-order valence-corrected chi connectivity index (χ2v) is 11.8. The Morgan fingerprint density at radius 1 is 0.367 bits per heavy atom. The van der Waals surface area contributed by atoms with Crippen LogP contribution in [0.15, 0.2) is 0 Å².